The van der Waals surface area contributed by atoms with Crippen molar-refractivity contribution in [2.24, 2.45) is 12.0 Å². The van der Waals surface area contributed by atoms with E-state index in [1.54, 1.807) is 19.2 Å². The molecule has 0 spiro atoms. The van der Waals surface area contributed by atoms with Crippen molar-refractivity contribution in [3.63, 3.8) is 0 Å². The lowest BCUT2D eigenvalue weighted by molar-refractivity contribution is -0.0498. The molecule has 1 aromatic carbocycles. The zero-order valence-electron chi connectivity index (χ0n) is 19.8. The van der Waals surface area contributed by atoms with Crippen molar-refractivity contribution in [1.29, 1.82) is 0 Å². The quantitative estimate of drug-likeness (QED) is 0.282. The predicted molar refractivity (Wildman–Crippen MR) is 139 cm³/mol. The van der Waals surface area contributed by atoms with Crippen molar-refractivity contribution >= 4 is 35.6 Å². The summed E-state index contributed by atoms with van der Waals surface area (Å²) >= 11 is 0. The lowest BCUT2D eigenvalue weighted by Crippen LogP contribution is -2.51. The van der Waals surface area contributed by atoms with E-state index in [1.807, 2.05) is 23.9 Å². The number of alkyl halides is 2. The van der Waals surface area contributed by atoms with Gasteiger partial charge in [-0.05, 0) is 49.9 Å². The number of nitrogens with zero attached hydrogens (tertiary/aromatic N) is 4. The van der Waals surface area contributed by atoms with Gasteiger partial charge in [0.15, 0.2) is 5.96 Å². The molecular formula is C23H35F2IN6O. The molecule has 7 nitrogen and oxygen atoms in total. The molecule has 0 bridgehead atoms. The first kappa shape index (κ1) is 27.1. The van der Waals surface area contributed by atoms with E-state index in [0.29, 0.717) is 6.54 Å². The van der Waals surface area contributed by atoms with Crippen LogP contribution >= 0.6 is 24.0 Å². The van der Waals surface area contributed by atoms with Crippen LogP contribution in [-0.4, -0.2) is 48.5 Å². The van der Waals surface area contributed by atoms with Crippen molar-refractivity contribution < 1.29 is 13.5 Å². The summed E-state index contributed by atoms with van der Waals surface area (Å²) in [7, 11) is 3.78. The third kappa shape index (κ3) is 7.18. The predicted octanol–water partition coefficient (Wildman–Crippen LogP) is 4.10. The molecule has 184 valence electrons. The van der Waals surface area contributed by atoms with Gasteiger partial charge in [0.2, 0.25) is 0 Å². The van der Waals surface area contributed by atoms with Gasteiger partial charge in [-0.25, -0.2) is 0 Å². The van der Waals surface area contributed by atoms with Crippen LogP contribution in [0.5, 0.6) is 5.75 Å². The maximum atomic E-state index is 12.4. The third-order valence-corrected chi connectivity index (χ3v) is 5.87. The van der Waals surface area contributed by atoms with Gasteiger partial charge in [0, 0.05) is 56.7 Å². The molecule has 2 N–H and O–H groups in total. The van der Waals surface area contributed by atoms with E-state index < -0.39 is 6.61 Å². The minimum Gasteiger partial charge on any atom is -0.435 e. The lowest BCUT2D eigenvalue weighted by atomic mass is 10.0. The smallest absolute Gasteiger partial charge is 0.387 e. The second-order valence-corrected chi connectivity index (χ2v) is 7.93. The Hall–Kier alpha value is -2.11. The number of aryl methyl sites for hydroxylation is 2. The molecule has 2 aromatic rings. The van der Waals surface area contributed by atoms with Gasteiger partial charge in [-0.1, -0.05) is 13.8 Å². The summed E-state index contributed by atoms with van der Waals surface area (Å²) in [6.45, 7) is 3.88. The van der Waals surface area contributed by atoms with Crippen LogP contribution in [0.4, 0.5) is 14.5 Å². The molecule has 0 saturated carbocycles. The highest BCUT2D eigenvalue weighted by atomic mass is 127. The van der Waals surface area contributed by atoms with E-state index in [9.17, 15) is 8.78 Å². The molecule has 0 aliphatic carbocycles. The monoisotopic (exact) mass is 576 g/mol. The average Bonchev–Trinajstić information content (AvgIpc) is 3.11. The standard InChI is InChI=1S/C23H34F2N6O.HI/c1-5-20-19(21(6-2)30(4)29-20)14-27-23(26-3)28-16-8-7-13-31(15-16)17-9-11-18(12-10-17)32-22(24)25;/h9-12,16,22H,5-8,13-15H2,1-4H3,(H2,26,27,28);1H. The first-order chi connectivity index (χ1) is 15.4. The molecule has 1 aliphatic rings. The minimum absolute atomic E-state index is 0. The van der Waals surface area contributed by atoms with Crippen LogP contribution in [0.25, 0.3) is 0 Å². The fraction of sp³-hybridized carbons (Fsp3) is 0.565. The summed E-state index contributed by atoms with van der Waals surface area (Å²) in [5.74, 6) is 0.943. The van der Waals surface area contributed by atoms with Crippen molar-refractivity contribution in [3.8, 4) is 5.75 Å². The highest BCUT2D eigenvalue weighted by Gasteiger charge is 2.22. The van der Waals surface area contributed by atoms with E-state index in [-0.39, 0.29) is 35.8 Å². The minimum atomic E-state index is -2.81. The van der Waals surface area contributed by atoms with E-state index in [0.717, 1.165) is 56.1 Å². The van der Waals surface area contributed by atoms with Crippen LogP contribution in [0.15, 0.2) is 29.3 Å². The second-order valence-electron chi connectivity index (χ2n) is 7.93. The van der Waals surface area contributed by atoms with Crippen LogP contribution < -0.4 is 20.3 Å². The Morgan fingerprint density at radius 3 is 2.58 bits per heavy atom. The number of hydrogen-bond donors (Lipinski definition) is 2. The topological polar surface area (TPSA) is 66.7 Å². The maximum absolute atomic E-state index is 12.4. The third-order valence-electron chi connectivity index (χ3n) is 5.87. The van der Waals surface area contributed by atoms with Crippen molar-refractivity contribution in [2.45, 2.75) is 58.7 Å². The Kier molecular flexibility index (Phi) is 10.6. The van der Waals surface area contributed by atoms with Gasteiger partial charge < -0.3 is 20.3 Å². The van der Waals surface area contributed by atoms with Gasteiger partial charge in [-0.2, -0.15) is 13.9 Å². The van der Waals surface area contributed by atoms with Gasteiger partial charge >= 0.3 is 6.61 Å². The number of hydrogen-bond acceptors (Lipinski definition) is 4. The van der Waals surface area contributed by atoms with E-state index in [1.165, 1.54) is 11.3 Å². The van der Waals surface area contributed by atoms with E-state index in [4.69, 9.17) is 0 Å². The number of piperidine rings is 1. The molecule has 0 amide bonds. The fourth-order valence-electron chi connectivity index (χ4n) is 4.32. The second kappa shape index (κ2) is 13.0. The number of ether oxygens (including phenoxy) is 1. The SMILES string of the molecule is CCc1nn(C)c(CC)c1CNC(=NC)NC1CCCN(c2ccc(OC(F)F)cc2)C1.I. The Bertz CT molecular complexity index is 903. The Balaban J connectivity index is 0.00000385. The van der Waals surface area contributed by atoms with Crippen LogP contribution in [-0.2, 0) is 26.4 Å². The number of aliphatic imine (C=N–C) groups is 1. The lowest BCUT2D eigenvalue weighted by Gasteiger charge is -2.35. The maximum Gasteiger partial charge on any atom is 0.387 e. The number of rotatable bonds is 8. The molecule has 1 aromatic heterocycles. The Morgan fingerprint density at radius 1 is 1.24 bits per heavy atom. The molecule has 10 heteroatoms. The van der Waals surface area contributed by atoms with E-state index >= 15 is 0 Å². The average molecular weight is 576 g/mol. The van der Waals surface area contributed by atoms with Crippen LogP contribution in [0.1, 0.15) is 43.6 Å². The van der Waals surface area contributed by atoms with Crippen LogP contribution in [0.2, 0.25) is 0 Å². The van der Waals surface area contributed by atoms with Gasteiger partial charge in [0.1, 0.15) is 5.75 Å². The van der Waals surface area contributed by atoms with Gasteiger partial charge in [0.05, 0.1) is 5.69 Å². The number of guanidine groups is 1. The Morgan fingerprint density at radius 2 is 1.97 bits per heavy atom. The highest BCUT2D eigenvalue weighted by Crippen LogP contribution is 2.24. The molecule has 0 radical (unpaired) electrons. The zero-order chi connectivity index (χ0) is 23.1. The molecule has 1 atom stereocenters. The summed E-state index contributed by atoms with van der Waals surface area (Å²) in [6, 6.07) is 7.06. The molecule has 2 heterocycles. The van der Waals surface area contributed by atoms with Gasteiger partial charge in [-0.15, -0.1) is 24.0 Å². The molecule has 33 heavy (non-hydrogen) atoms. The highest BCUT2D eigenvalue weighted by molar-refractivity contribution is 14.0. The van der Waals surface area contributed by atoms with Gasteiger partial charge in [-0.3, -0.25) is 9.67 Å². The van der Waals surface area contributed by atoms with E-state index in [2.05, 4.69) is 44.2 Å². The number of nitrogens with one attached hydrogen (secondary N) is 2. The number of halogens is 3. The summed E-state index contributed by atoms with van der Waals surface area (Å²) in [4.78, 5) is 6.67. The molecule has 1 aliphatic heterocycles. The first-order valence-electron chi connectivity index (χ1n) is 11.3. The molecule has 1 unspecified atom stereocenters. The fourth-order valence-corrected chi connectivity index (χ4v) is 4.32. The van der Waals surface area contributed by atoms with Crippen molar-refractivity contribution in [2.75, 3.05) is 25.0 Å². The molecule has 1 saturated heterocycles. The molecular weight excluding hydrogens is 541 g/mol. The summed E-state index contributed by atoms with van der Waals surface area (Å²) in [6.07, 6.45) is 3.91. The largest absolute Gasteiger partial charge is 0.435 e. The number of aromatic nitrogens is 2. The first-order valence-corrected chi connectivity index (χ1v) is 11.3. The molecule has 3 rings (SSSR count). The Labute approximate surface area is 212 Å². The van der Waals surface area contributed by atoms with Crippen LogP contribution in [0, 0.1) is 0 Å². The van der Waals surface area contributed by atoms with Crippen LogP contribution in [0.3, 0.4) is 0 Å². The summed E-state index contributed by atoms with van der Waals surface area (Å²) in [5.41, 5.74) is 4.61. The van der Waals surface area contributed by atoms with Crippen molar-refractivity contribution in [1.82, 2.24) is 20.4 Å². The van der Waals surface area contributed by atoms with Gasteiger partial charge in [0.25, 0.3) is 0 Å². The molecule has 1 fully saturated rings. The normalized spacial score (nSPS) is 16.5. The number of benzene rings is 1. The summed E-state index contributed by atoms with van der Waals surface area (Å²) < 4.78 is 31.2. The van der Waals surface area contributed by atoms with Crippen molar-refractivity contribution in [3.05, 3.63) is 41.2 Å². The number of anilines is 1. The zero-order valence-corrected chi connectivity index (χ0v) is 22.1. The summed E-state index contributed by atoms with van der Waals surface area (Å²) in [5, 5.41) is 11.6.